The first kappa shape index (κ1) is 16.7. The molecule has 3 aromatic rings. The minimum atomic E-state index is -0.306. The molecule has 3 aliphatic carbocycles. The molecule has 0 aliphatic heterocycles. The fourth-order valence-corrected chi connectivity index (χ4v) is 5.01. The molecule has 3 atom stereocenters. The van der Waals surface area contributed by atoms with Crippen molar-refractivity contribution >= 4 is 22.5 Å². The number of rotatable bonds is 4. The maximum atomic E-state index is 12.7. The van der Waals surface area contributed by atoms with E-state index in [4.69, 9.17) is 0 Å². The molecule has 5 heteroatoms. The third-order valence-corrected chi connectivity index (χ3v) is 7.16. The number of amides is 1. The lowest BCUT2D eigenvalue weighted by molar-refractivity contribution is -0.117. The zero-order chi connectivity index (χ0) is 19.6. The van der Waals surface area contributed by atoms with E-state index < -0.39 is 0 Å². The molecule has 1 spiro atoms. The van der Waals surface area contributed by atoms with Crippen molar-refractivity contribution in [1.29, 1.82) is 5.26 Å². The maximum absolute atomic E-state index is 12.7. The number of nitriles is 1. The van der Waals surface area contributed by atoms with E-state index in [-0.39, 0.29) is 28.6 Å². The predicted octanol–water partition coefficient (Wildman–Crippen LogP) is 4.32. The summed E-state index contributed by atoms with van der Waals surface area (Å²) >= 11 is 0. The van der Waals surface area contributed by atoms with Crippen LogP contribution in [0.15, 0.2) is 55.0 Å². The average Bonchev–Trinajstić information content (AvgIpc) is 3.66. The summed E-state index contributed by atoms with van der Waals surface area (Å²) in [6, 6.07) is 14.7. The molecule has 0 bridgehead atoms. The number of fused-ring (bicyclic) bond motifs is 1. The summed E-state index contributed by atoms with van der Waals surface area (Å²) in [5, 5.41) is 14.8. The third-order valence-electron chi connectivity index (χ3n) is 7.16. The number of benzene rings is 1. The Morgan fingerprint density at radius 1 is 1.14 bits per heavy atom. The molecule has 3 fully saturated rings. The molecule has 0 saturated heterocycles. The van der Waals surface area contributed by atoms with Crippen LogP contribution in [0.5, 0.6) is 0 Å². The van der Waals surface area contributed by atoms with Gasteiger partial charge in [-0.3, -0.25) is 9.78 Å². The molecule has 1 amide bonds. The minimum Gasteiger partial charge on any atom is -0.310 e. The van der Waals surface area contributed by atoms with Crippen molar-refractivity contribution in [1.82, 2.24) is 9.97 Å². The molecule has 0 radical (unpaired) electrons. The molecule has 6 rings (SSSR count). The molecule has 3 saturated carbocycles. The lowest BCUT2D eigenvalue weighted by Gasteiger charge is -2.11. The maximum Gasteiger partial charge on any atom is 0.229 e. The highest BCUT2D eigenvalue weighted by Gasteiger charge is 2.75. The van der Waals surface area contributed by atoms with Gasteiger partial charge in [-0.2, -0.15) is 5.26 Å². The van der Waals surface area contributed by atoms with E-state index in [1.165, 1.54) is 0 Å². The number of anilines is 1. The van der Waals surface area contributed by atoms with E-state index in [1.54, 1.807) is 18.6 Å². The van der Waals surface area contributed by atoms with Crippen LogP contribution >= 0.6 is 0 Å². The molecule has 3 aliphatic rings. The van der Waals surface area contributed by atoms with Gasteiger partial charge in [0.1, 0.15) is 5.82 Å². The van der Waals surface area contributed by atoms with Gasteiger partial charge in [-0.15, -0.1) is 0 Å². The smallest absolute Gasteiger partial charge is 0.229 e. The predicted molar refractivity (Wildman–Crippen MR) is 109 cm³/mol. The first-order valence-electron chi connectivity index (χ1n) is 10.2. The molecular formula is C24H20N4O. The van der Waals surface area contributed by atoms with Crippen LogP contribution in [0.3, 0.4) is 0 Å². The molecular weight excluding hydrogens is 360 g/mol. The van der Waals surface area contributed by atoms with Crippen molar-refractivity contribution < 1.29 is 4.79 Å². The molecule has 1 aromatic carbocycles. The van der Waals surface area contributed by atoms with Crippen LogP contribution in [0.2, 0.25) is 0 Å². The van der Waals surface area contributed by atoms with E-state index in [2.05, 4.69) is 33.5 Å². The molecule has 1 N–H and O–H groups in total. The number of carbonyl (C=O) groups excluding carboxylic acids is 1. The zero-order valence-electron chi connectivity index (χ0n) is 15.9. The van der Waals surface area contributed by atoms with E-state index >= 15 is 0 Å². The van der Waals surface area contributed by atoms with Crippen LogP contribution in [0.1, 0.15) is 42.7 Å². The van der Waals surface area contributed by atoms with Crippen LogP contribution in [-0.2, 0) is 10.2 Å². The Kier molecular flexibility index (Phi) is 3.24. The molecule has 2 aromatic heterocycles. The number of nitrogens with zero attached hydrogens (tertiary/aromatic N) is 3. The summed E-state index contributed by atoms with van der Waals surface area (Å²) < 4.78 is 0. The zero-order valence-corrected chi connectivity index (χ0v) is 15.9. The average molecular weight is 380 g/mol. The lowest BCUT2D eigenvalue weighted by atomic mass is 9.92. The van der Waals surface area contributed by atoms with Crippen LogP contribution in [0, 0.1) is 22.7 Å². The second-order valence-electron chi connectivity index (χ2n) is 8.82. The van der Waals surface area contributed by atoms with Gasteiger partial charge < -0.3 is 5.32 Å². The Labute approximate surface area is 168 Å². The Balaban J connectivity index is 1.23. The fourth-order valence-electron chi connectivity index (χ4n) is 5.01. The third kappa shape index (κ3) is 2.49. The fraction of sp³-hybridized carbons (Fsp3) is 0.333. The minimum absolute atomic E-state index is 0.00993. The quantitative estimate of drug-likeness (QED) is 0.731. The largest absolute Gasteiger partial charge is 0.310 e. The van der Waals surface area contributed by atoms with Gasteiger partial charge in [0, 0.05) is 29.9 Å². The van der Waals surface area contributed by atoms with Gasteiger partial charge in [0.25, 0.3) is 0 Å². The summed E-state index contributed by atoms with van der Waals surface area (Å²) in [5.74, 6) is 0.847. The Morgan fingerprint density at radius 3 is 2.69 bits per heavy atom. The summed E-state index contributed by atoms with van der Waals surface area (Å²) in [6.07, 6.45) is 9.50. The van der Waals surface area contributed by atoms with Crippen LogP contribution < -0.4 is 5.32 Å². The van der Waals surface area contributed by atoms with E-state index in [9.17, 15) is 10.1 Å². The van der Waals surface area contributed by atoms with Gasteiger partial charge >= 0.3 is 0 Å². The number of pyridine rings is 2. The monoisotopic (exact) mass is 380 g/mol. The first-order chi connectivity index (χ1) is 14.1. The summed E-state index contributed by atoms with van der Waals surface area (Å²) in [6.45, 7) is 0. The van der Waals surface area contributed by atoms with Crippen molar-refractivity contribution in [2.45, 2.75) is 37.0 Å². The van der Waals surface area contributed by atoms with Gasteiger partial charge in [-0.05, 0) is 77.8 Å². The first-order valence-corrected chi connectivity index (χ1v) is 10.2. The topological polar surface area (TPSA) is 78.7 Å². The molecule has 142 valence electrons. The van der Waals surface area contributed by atoms with Crippen molar-refractivity contribution in [3.8, 4) is 6.07 Å². The van der Waals surface area contributed by atoms with Gasteiger partial charge in [-0.1, -0.05) is 12.1 Å². The number of hydrogen-bond donors (Lipinski definition) is 1. The van der Waals surface area contributed by atoms with Gasteiger partial charge in [0.2, 0.25) is 5.91 Å². The van der Waals surface area contributed by atoms with E-state index in [0.29, 0.717) is 5.82 Å². The number of hydrogen-bond acceptors (Lipinski definition) is 4. The van der Waals surface area contributed by atoms with E-state index in [1.807, 2.05) is 24.3 Å². The molecule has 5 nitrogen and oxygen atoms in total. The van der Waals surface area contributed by atoms with Crippen LogP contribution in [0.25, 0.3) is 10.8 Å². The normalized spacial score (nSPS) is 28.0. The molecule has 0 unspecified atom stereocenters. The Hall–Kier alpha value is -3.26. The standard InChI is InChI=1S/C24H20N4O/c25-14-24(13-23(24)5-6-23)18-2-1-16-12-27-21(10-17(16)9-18)28-22(29)20-11-19(20)15-3-7-26-8-4-15/h1-4,7-10,12,19-20H,5-6,11,13H2,(H,27,28,29)/t19-,20+,24+/m0/s1. The molecule has 2 heterocycles. The second kappa shape index (κ2) is 5.64. The van der Waals surface area contributed by atoms with E-state index in [0.717, 1.165) is 47.6 Å². The van der Waals surface area contributed by atoms with Gasteiger partial charge in [0.15, 0.2) is 0 Å². The van der Waals surface area contributed by atoms with Crippen molar-refractivity contribution in [3.63, 3.8) is 0 Å². The van der Waals surface area contributed by atoms with Crippen molar-refractivity contribution in [3.05, 3.63) is 66.1 Å². The highest BCUT2D eigenvalue weighted by molar-refractivity contribution is 5.96. The number of aromatic nitrogens is 2. The molecule has 29 heavy (non-hydrogen) atoms. The Bertz CT molecular complexity index is 1190. The highest BCUT2D eigenvalue weighted by Crippen LogP contribution is 2.78. The number of nitrogens with one attached hydrogen (secondary N) is 1. The highest BCUT2D eigenvalue weighted by atomic mass is 16.2. The van der Waals surface area contributed by atoms with Crippen LogP contribution in [0.4, 0.5) is 5.82 Å². The van der Waals surface area contributed by atoms with Crippen LogP contribution in [-0.4, -0.2) is 15.9 Å². The van der Waals surface area contributed by atoms with Crippen molar-refractivity contribution in [2.24, 2.45) is 11.3 Å². The summed E-state index contributed by atoms with van der Waals surface area (Å²) in [5.41, 5.74) is 2.21. The van der Waals surface area contributed by atoms with Gasteiger partial charge in [0.05, 0.1) is 11.5 Å². The Morgan fingerprint density at radius 2 is 1.97 bits per heavy atom. The van der Waals surface area contributed by atoms with Crippen molar-refractivity contribution in [2.75, 3.05) is 5.32 Å². The lowest BCUT2D eigenvalue weighted by Crippen LogP contribution is -2.15. The second-order valence-corrected chi connectivity index (χ2v) is 8.82. The summed E-state index contributed by atoms with van der Waals surface area (Å²) in [4.78, 5) is 21.1. The van der Waals surface area contributed by atoms with Gasteiger partial charge in [-0.25, -0.2) is 4.98 Å². The number of carbonyl (C=O) groups is 1. The SMILES string of the molecule is N#C[C@@]1(c2ccc3cnc(NC(=O)[C@@H]4C[C@H]4c4ccncc4)cc3c2)CC12CC2. The summed E-state index contributed by atoms with van der Waals surface area (Å²) in [7, 11) is 0.